The van der Waals surface area contributed by atoms with Crippen molar-refractivity contribution in [2.24, 2.45) is 13.0 Å². The molecular formula is C28H25FN6O3. The number of aliphatic hydroxyl groups is 1. The Morgan fingerprint density at radius 1 is 1.16 bits per heavy atom. The first-order valence-electron chi connectivity index (χ1n) is 12.6. The molecule has 0 saturated carbocycles. The van der Waals surface area contributed by atoms with Crippen LogP contribution >= 0.6 is 0 Å². The second-order valence-corrected chi connectivity index (χ2v) is 10.1. The van der Waals surface area contributed by atoms with Gasteiger partial charge in [-0.15, -0.1) is 0 Å². The van der Waals surface area contributed by atoms with E-state index in [1.807, 2.05) is 19.3 Å². The van der Waals surface area contributed by atoms with Crippen LogP contribution in [-0.2, 0) is 11.8 Å². The molecular weight excluding hydrogens is 487 g/mol. The summed E-state index contributed by atoms with van der Waals surface area (Å²) in [7, 11) is 1.84. The summed E-state index contributed by atoms with van der Waals surface area (Å²) in [6.45, 7) is -0.0228. The van der Waals surface area contributed by atoms with Crippen LogP contribution in [0.25, 0.3) is 44.3 Å². The normalized spacial score (nSPS) is 22.5. The predicted molar refractivity (Wildman–Crippen MR) is 139 cm³/mol. The number of pyridine rings is 2. The lowest BCUT2D eigenvalue weighted by atomic mass is 9.85. The fourth-order valence-electron chi connectivity index (χ4n) is 5.96. The molecule has 0 spiro atoms. The number of nitrogens with one attached hydrogen (secondary N) is 2. The van der Waals surface area contributed by atoms with E-state index >= 15 is 4.39 Å². The number of amides is 1. The first kappa shape index (κ1) is 23.0. The van der Waals surface area contributed by atoms with Gasteiger partial charge in [0, 0.05) is 46.6 Å². The fraction of sp³-hybridized carbons (Fsp3) is 0.286. The minimum Gasteiger partial charge on any atom is -0.396 e. The summed E-state index contributed by atoms with van der Waals surface area (Å²) < 4.78 is 22.9. The molecule has 0 aliphatic carbocycles. The minimum atomic E-state index is -0.458. The Morgan fingerprint density at radius 3 is 2.74 bits per heavy atom. The number of carbonyl (C=O) groups is 1. The molecule has 2 bridgehead atoms. The Bertz CT molecular complexity index is 1690. The number of aryl methyl sites for hydroxylation is 1. The topological polar surface area (TPSA) is 118 Å². The van der Waals surface area contributed by atoms with Crippen molar-refractivity contribution in [3.63, 3.8) is 0 Å². The zero-order valence-electron chi connectivity index (χ0n) is 20.6. The number of aromatic nitrogens is 5. The molecule has 6 heterocycles. The highest BCUT2D eigenvalue weighted by Gasteiger charge is 2.49. The summed E-state index contributed by atoms with van der Waals surface area (Å²) in [6, 6.07) is 8.57. The molecule has 2 fully saturated rings. The lowest BCUT2D eigenvalue weighted by molar-refractivity contribution is 0.0781. The summed E-state index contributed by atoms with van der Waals surface area (Å²) in [5.74, 6) is -0.792. The van der Waals surface area contributed by atoms with Crippen LogP contribution in [0.15, 0.2) is 55.1 Å². The van der Waals surface area contributed by atoms with Crippen molar-refractivity contribution in [2.75, 3.05) is 6.61 Å². The van der Waals surface area contributed by atoms with Gasteiger partial charge in [-0.25, -0.2) is 9.37 Å². The molecule has 9 nitrogen and oxygen atoms in total. The number of benzene rings is 1. The molecule has 2 saturated heterocycles. The van der Waals surface area contributed by atoms with E-state index in [0.717, 1.165) is 35.0 Å². The molecule has 0 radical (unpaired) electrons. The van der Waals surface area contributed by atoms with Crippen LogP contribution in [0.1, 0.15) is 23.2 Å². The fourth-order valence-corrected chi connectivity index (χ4v) is 5.96. The molecule has 5 aromatic rings. The molecule has 10 heteroatoms. The number of hydrogen-bond acceptors (Lipinski definition) is 6. The van der Waals surface area contributed by atoms with Crippen LogP contribution in [0.3, 0.4) is 0 Å². The molecule has 3 N–H and O–H groups in total. The monoisotopic (exact) mass is 512 g/mol. The number of hydrogen-bond donors (Lipinski definition) is 3. The van der Waals surface area contributed by atoms with E-state index in [9.17, 15) is 9.90 Å². The minimum absolute atomic E-state index is 0.000191. The van der Waals surface area contributed by atoms with Gasteiger partial charge in [0.2, 0.25) is 0 Å². The average Bonchev–Trinajstić information content (AvgIpc) is 3.72. The van der Waals surface area contributed by atoms with Crippen molar-refractivity contribution in [1.29, 1.82) is 0 Å². The number of halogens is 1. The average molecular weight is 513 g/mol. The summed E-state index contributed by atoms with van der Waals surface area (Å²) in [5.41, 5.74) is 4.36. The number of rotatable bonds is 5. The number of aliphatic hydroxyl groups excluding tert-OH is 1. The molecule has 7 rings (SSSR count). The number of aromatic amines is 1. The summed E-state index contributed by atoms with van der Waals surface area (Å²) >= 11 is 0. The first-order valence-corrected chi connectivity index (χ1v) is 12.6. The van der Waals surface area contributed by atoms with Gasteiger partial charge in [-0.2, -0.15) is 5.10 Å². The van der Waals surface area contributed by atoms with Gasteiger partial charge in [0.1, 0.15) is 11.5 Å². The Balaban J connectivity index is 1.24. The standard InChI is InChI=1S/C28H25FN6O3/c1-35-12-16(9-32-35)20-8-17-21(11-30-20)33-27-25(17)24(19(29)10-31-27)14-2-4-15(5-3-14)28(37)34-26-18(13-36)22-6-7-23(26)38-22/h2-5,8-12,18,22-23,26,36H,6-7,13H2,1H3,(H,31,33)(H,34,37)/t18-,22?,23?,26-/m1/s1. The number of ether oxygens (including phenoxy) is 1. The number of nitrogens with zero attached hydrogens (tertiary/aromatic N) is 4. The van der Waals surface area contributed by atoms with Crippen LogP contribution in [0.2, 0.25) is 0 Å². The molecule has 4 aromatic heterocycles. The predicted octanol–water partition coefficient (Wildman–Crippen LogP) is 3.59. The van der Waals surface area contributed by atoms with Gasteiger partial charge in [0.15, 0.2) is 0 Å². The van der Waals surface area contributed by atoms with E-state index in [1.165, 1.54) is 6.20 Å². The molecule has 192 valence electrons. The number of fused-ring (bicyclic) bond motifs is 5. The summed E-state index contributed by atoms with van der Waals surface area (Å²) in [4.78, 5) is 25.1. The third-order valence-electron chi connectivity index (χ3n) is 7.83. The Hall–Kier alpha value is -4.15. The van der Waals surface area contributed by atoms with E-state index in [2.05, 4.69) is 25.4 Å². The van der Waals surface area contributed by atoms with Crippen LogP contribution in [0, 0.1) is 11.7 Å². The SMILES string of the molecule is Cn1cc(-c2cc3c(cn2)[nH]c2ncc(F)c(-c4ccc(C(=O)N[C@H]5C6CCC(O6)[C@H]5CO)cc4)c23)cn1. The molecule has 1 amide bonds. The summed E-state index contributed by atoms with van der Waals surface area (Å²) in [5, 5.41) is 18.5. The molecule has 4 atom stereocenters. The Kier molecular flexibility index (Phi) is 5.27. The Labute approximate surface area is 216 Å². The molecule has 38 heavy (non-hydrogen) atoms. The van der Waals surface area contributed by atoms with E-state index in [4.69, 9.17) is 4.74 Å². The summed E-state index contributed by atoms with van der Waals surface area (Å²) in [6.07, 6.45) is 8.26. The van der Waals surface area contributed by atoms with Crippen molar-refractivity contribution in [3.8, 4) is 22.4 Å². The van der Waals surface area contributed by atoms with Crippen LogP contribution in [0.5, 0.6) is 0 Å². The van der Waals surface area contributed by atoms with Crippen LogP contribution < -0.4 is 5.32 Å². The van der Waals surface area contributed by atoms with E-state index in [-0.39, 0.29) is 36.7 Å². The van der Waals surface area contributed by atoms with Gasteiger partial charge in [-0.3, -0.25) is 14.5 Å². The lowest BCUT2D eigenvalue weighted by Gasteiger charge is -2.27. The van der Waals surface area contributed by atoms with E-state index in [1.54, 1.807) is 41.3 Å². The smallest absolute Gasteiger partial charge is 0.251 e. The first-order chi connectivity index (χ1) is 18.5. The zero-order chi connectivity index (χ0) is 26.0. The number of H-pyrrole nitrogens is 1. The highest BCUT2D eigenvalue weighted by molar-refractivity contribution is 6.13. The van der Waals surface area contributed by atoms with Crippen molar-refractivity contribution >= 4 is 27.8 Å². The molecule has 1 aromatic carbocycles. The molecule has 2 aliphatic heterocycles. The van der Waals surface area contributed by atoms with E-state index in [0.29, 0.717) is 27.7 Å². The van der Waals surface area contributed by atoms with Gasteiger partial charge in [-0.05, 0) is 36.6 Å². The van der Waals surface area contributed by atoms with Crippen molar-refractivity contribution in [1.82, 2.24) is 30.0 Å². The van der Waals surface area contributed by atoms with Crippen LogP contribution in [-0.4, -0.2) is 60.6 Å². The van der Waals surface area contributed by atoms with Crippen molar-refractivity contribution in [3.05, 3.63) is 66.5 Å². The zero-order valence-corrected chi connectivity index (χ0v) is 20.6. The maximum atomic E-state index is 15.3. The highest BCUT2D eigenvalue weighted by Crippen LogP contribution is 2.39. The highest BCUT2D eigenvalue weighted by atomic mass is 19.1. The lowest BCUT2D eigenvalue weighted by Crippen LogP contribution is -2.48. The molecule has 2 unspecified atom stereocenters. The number of carbonyl (C=O) groups excluding carboxylic acids is 1. The van der Waals surface area contributed by atoms with Gasteiger partial charge in [0.25, 0.3) is 5.91 Å². The quantitative estimate of drug-likeness (QED) is 0.331. The third kappa shape index (κ3) is 3.59. The maximum Gasteiger partial charge on any atom is 0.251 e. The van der Waals surface area contributed by atoms with Gasteiger partial charge in [-0.1, -0.05) is 12.1 Å². The second kappa shape index (κ2) is 8.71. The maximum absolute atomic E-state index is 15.3. The second-order valence-electron chi connectivity index (χ2n) is 10.1. The third-order valence-corrected chi connectivity index (χ3v) is 7.83. The van der Waals surface area contributed by atoms with Crippen molar-refractivity contribution in [2.45, 2.75) is 31.1 Å². The van der Waals surface area contributed by atoms with Gasteiger partial charge >= 0.3 is 0 Å². The van der Waals surface area contributed by atoms with Gasteiger partial charge in [0.05, 0.1) is 54.7 Å². The van der Waals surface area contributed by atoms with Gasteiger partial charge < -0.3 is 20.1 Å². The van der Waals surface area contributed by atoms with E-state index < -0.39 is 5.82 Å². The largest absolute Gasteiger partial charge is 0.396 e. The van der Waals surface area contributed by atoms with Crippen molar-refractivity contribution < 1.29 is 19.0 Å². The van der Waals surface area contributed by atoms with Crippen LogP contribution in [0.4, 0.5) is 4.39 Å². The Morgan fingerprint density at radius 2 is 1.97 bits per heavy atom. The molecule has 2 aliphatic rings.